The van der Waals surface area contributed by atoms with Crippen LogP contribution < -0.4 is 0 Å². The molecule has 4 fully saturated rings. The molecular formula is C39H56N2Ti+2. The van der Waals surface area contributed by atoms with E-state index >= 15 is 0 Å². The molecule has 6 aliphatic rings. The van der Waals surface area contributed by atoms with Gasteiger partial charge in [-0.3, -0.25) is 0 Å². The minimum Gasteiger partial charge on any atom is -0.347 e. The molecule has 4 unspecified atom stereocenters. The molecule has 0 amide bonds. The molecule has 42 heavy (non-hydrogen) atoms. The summed E-state index contributed by atoms with van der Waals surface area (Å²) in [5.74, 6) is 3.77. The smallest absolute Gasteiger partial charge is 0.347 e. The number of hydrogen-bond donors (Lipinski definition) is 0. The molecular weight excluding hydrogens is 544 g/mol. The summed E-state index contributed by atoms with van der Waals surface area (Å²) >= 11 is 0. The molecule has 2 saturated carbocycles. The molecule has 3 heteroatoms. The molecule has 2 saturated heterocycles. The van der Waals surface area contributed by atoms with Gasteiger partial charge in [0.2, 0.25) is 0 Å². The van der Waals surface area contributed by atoms with Crippen LogP contribution in [0.25, 0.3) is 0 Å². The van der Waals surface area contributed by atoms with Crippen LogP contribution in [-0.2, 0) is 21.7 Å². The number of likely N-dealkylation sites (tertiary alicyclic amines) is 2. The summed E-state index contributed by atoms with van der Waals surface area (Å²) in [7, 11) is 0. The van der Waals surface area contributed by atoms with E-state index in [9.17, 15) is 0 Å². The molecule has 0 N–H and O–H groups in total. The predicted octanol–water partition coefficient (Wildman–Crippen LogP) is 8.94. The summed E-state index contributed by atoms with van der Waals surface area (Å²) in [6, 6.07) is 12.2. The summed E-state index contributed by atoms with van der Waals surface area (Å²) in [5, 5.41) is 0. The van der Waals surface area contributed by atoms with Crippen LogP contribution >= 0.6 is 0 Å². The van der Waals surface area contributed by atoms with Gasteiger partial charge < -0.3 is 16.7 Å². The van der Waals surface area contributed by atoms with Gasteiger partial charge in [0.25, 0.3) is 0 Å². The summed E-state index contributed by atoms with van der Waals surface area (Å²) in [4.78, 5) is 5.44. The van der Waals surface area contributed by atoms with Gasteiger partial charge in [0.05, 0.1) is 0 Å². The fraction of sp³-hybridized carbons (Fsp3) is 0.590. The van der Waals surface area contributed by atoms with Crippen molar-refractivity contribution in [3.05, 3.63) is 97.8 Å². The minimum atomic E-state index is 0. The van der Waals surface area contributed by atoms with Crippen LogP contribution in [0.2, 0.25) is 0 Å². The molecule has 1 aromatic carbocycles. The Kier molecular flexibility index (Phi) is 12.9. The van der Waals surface area contributed by atoms with Crippen molar-refractivity contribution in [3.8, 4) is 0 Å². The topological polar surface area (TPSA) is 6.48 Å². The first-order valence-corrected chi connectivity index (χ1v) is 16.8. The van der Waals surface area contributed by atoms with E-state index in [1.54, 1.807) is 0 Å². The van der Waals surface area contributed by atoms with Crippen molar-refractivity contribution in [2.24, 2.45) is 35.0 Å². The Morgan fingerprint density at radius 3 is 1.33 bits per heavy atom. The van der Waals surface area contributed by atoms with E-state index in [4.69, 9.17) is 0 Å². The molecule has 4 aliphatic carbocycles. The minimum absolute atomic E-state index is 0. The molecule has 0 spiro atoms. The molecule has 224 valence electrons. The maximum absolute atomic E-state index is 4.15. The number of rotatable bonds is 4. The van der Waals surface area contributed by atoms with Crippen LogP contribution in [0, 0.1) is 48.3 Å². The number of allylic oxidation sites excluding steroid dienone is 8. The second kappa shape index (κ2) is 16.1. The zero-order valence-electron chi connectivity index (χ0n) is 26.7. The van der Waals surface area contributed by atoms with Crippen molar-refractivity contribution in [3.63, 3.8) is 0 Å². The molecule has 0 aromatic heterocycles. The van der Waals surface area contributed by atoms with E-state index in [1.807, 2.05) is 6.07 Å². The van der Waals surface area contributed by atoms with Gasteiger partial charge in [-0.05, 0) is 101 Å². The Morgan fingerprint density at radius 1 is 0.643 bits per heavy atom. The first-order chi connectivity index (χ1) is 19.9. The van der Waals surface area contributed by atoms with Crippen molar-refractivity contribution in [2.75, 3.05) is 26.2 Å². The van der Waals surface area contributed by atoms with Crippen molar-refractivity contribution >= 4 is 0 Å². The summed E-state index contributed by atoms with van der Waals surface area (Å²) < 4.78 is 0. The number of benzene rings is 1. The van der Waals surface area contributed by atoms with Crippen LogP contribution in [0.1, 0.15) is 77.7 Å². The maximum atomic E-state index is 4.15. The van der Waals surface area contributed by atoms with Gasteiger partial charge in [-0.1, -0.05) is 80.9 Å². The second-order valence-electron chi connectivity index (χ2n) is 14.5. The fourth-order valence-corrected chi connectivity index (χ4v) is 7.72. The summed E-state index contributed by atoms with van der Waals surface area (Å²) in [5.41, 5.74) is 1.51. The van der Waals surface area contributed by atoms with E-state index in [0.29, 0.717) is 5.92 Å². The predicted molar refractivity (Wildman–Crippen MR) is 176 cm³/mol. The average molecular weight is 601 g/mol. The van der Waals surface area contributed by atoms with Gasteiger partial charge in [0, 0.05) is 12.1 Å². The molecule has 2 nitrogen and oxygen atoms in total. The third kappa shape index (κ3) is 9.34. The number of hydrogen-bond acceptors (Lipinski definition) is 2. The van der Waals surface area contributed by atoms with E-state index in [0.717, 1.165) is 35.8 Å². The second-order valence-corrected chi connectivity index (χ2v) is 14.5. The molecule has 2 heterocycles. The van der Waals surface area contributed by atoms with Crippen LogP contribution in [0.15, 0.2) is 78.9 Å². The third-order valence-corrected chi connectivity index (χ3v) is 10.6. The average Bonchev–Trinajstić information content (AvgIpc) is 3.80. The van der Waals surface area contributed by atoms with E-state index < -0.39 is 0 Å². The maximum Gasteiger partial charge on any atom is 4.00 e. The van der Waals surface area contributed by atoms with Gasteiger partial charge in [0.1, 0.15) is 0 Å². The largest absolute Gasteiger partial charge is 4.00 e. The molecule has 5 atom stereocenters. The Balaban J connectivity index is 0.000000143. The SMILES string of the molecule is C1=CC2CC(N3CCCC3)CC2C=C1.C1=CC2CC(N3CCCC3)CC2C=C1.[CH2-][C@H]([CH-]c1ccccc1)C(C)(C)C.[Ti+4]. The fourth-order valence-electron chi connectivity index (χ4n) is 7.72. The Morgan fingerprint density at radius 2 is 1.00 bits per heavy atom. The number of fused-ring (bicyclic) bond motifs is 2. The number of nitrogens with zero attached hydrogens (tertiary/aromatic N) is 2. The van der Waals surface area contributed by atoms with E-state index in [1.165, 1.54) is 83.1 Å². The van der Waals surface area contributed by atoms with Crippen molar-refractivity contribution < 1.29 is 21.7 Å². The molecule has 0 radical (unpaired) electrons. The quantitative estimate of drug-likeness (QED) is 0.252. The van der Waals surface area contributed by atoms with Gasteiger partial charge in [-0.2, -0.15) is 23.6 Å². The summed E-state index contributed by atoms with van der Waals surface area (Å²) in [6.07, 6.45) is 32.2. The van der Waals surface area contributed by atoms with Crippen molar-refractivity contribution in [1.29, 1.82) is 0 Å². The van der Waals surface area contributed by atoms with Crippen molar-refractivity contribution in [1.82, 2.24) is 9.80 Å². The van der Waals surface area contributed by atoms with Gasteiger partial charge in [-0.25, -0.2) is 6.42 Å². The molecule has 0 bridgehead atoms. The first kappa shape index (κ1) is 33.6. The third-order valence-electron chi connectivity index (χ3n) is 10.6. The molecule has 1 aromatic rings. The normalized spacial score (nSPS) is 32.2. The van der Waals surface area contributed by atoms with Gasteiger partial charge in [-0.15, -0.1) is 12.1 Å². The zero-order chi connectivity index (χ0) is 28.7. The van der Waals surface area contributed by atoms with Crippen LogP contribution in [-0.4, -0.2) is 48.1 Å². The summed E-state index contributed by atoms with van der Waals surface area (Å²) in [6.45, 7) is 16.2. The van der Waals surface area contributed by atoms with Crippen LogP contribution in [0.3, 0.4) is 0 Å². The monoisotopic (exact) mass is 600 g/mol. The van der Waals surface area contributed by atoms with E-state index in [-0.39, 0.29) is 27.1 Å². The Hall–Kier alpha value is -1.32. The Labute approximate surface area is 273 Å². The van der Waals surface area contributed by atoms with Crippen LogP contribution in [0.4, 0.5) is 0 Å². The van der Waals surface area contributed by atoms with Gasteiger partial charge >= 0.3 is 21.7 Å². The van der Waals surface area contributed by atoms with E-state index in [2.05, 4.69) is 117 Å². The van der Waals surface area contributed by atoms with Gasteiger partial charge in [0.15, 0.2) is 0 Å². The zero-order valence-corrected chi connectivity index (χ0v) is 28.3. The van der Waals surface area contributed by atoms with Crippen molar-refractivity contribution in [2.45, 2.75) is 84.2 Å². The Bertz CT molecular complexity index is 942. The standard InChI is InChI=1S/2C13H19N.C13H18.Ti/c2*1-2-6-12-10-13(9-11(12)5-1)14-7-3-4-8-14;1-11(13(2,3)4)10-12-8-6-5-7-9-12;/h2*1-2,5-6,11-13H,3-4,7-10H2;5-11H,1H2,2-4H3;/q;;-2;+4/t;;11-;/m..1./s1. The van der Waals surface area contributed by atoms with Crippen LogP contribution in [0.5, 0.6) is 0 Å². The first-order valence-electron chi connectivity index (χ1n) is 16.8. The molecule has 2 aliphatic heterocycles. The molecule has 7 rings (SSSR count).